The van der Waals surface area contributed by atoms with Crippen LogP contribution in [-0.2, 0) is 17.9 Å². The maximum absolute atomic E-state index is 10.8. The van der Waals surface area contributed by atoms with Gasteiger partial charge >= 0.3 is 12.1 Å². The largest absolute Gasteiger partial charge is 0.490 e. The first-order valence-electron chi connectivity index (χ1n) is 10.4. The number of halogens is 5. The SMILES string of the molecule is O=C(O)C(F)(F)F.O=[N+]([O-])c1cccc(CNCC2CCN(Cc3ccc(Cl)c(Cl)c3)CC2)c1. The van der Waals surface area contributed by atoms with Crippen LogP contribution in [0.4, 0.5) is 18.9 Å². The number of likely N-dealkylation sites (tertiary alicyclic amines) is 1. The fourth-order valence-corrected chi connectivity index (χ4v) is 3.77. The third-order valence-electron chi connectivity index (χ3n) is 5.22. The van der Waals surface area contributed by atoms with Gasteiger partial charge in [0.2, 0.25) is 0 Å². The van der Waals surface area contributed by atoms with E-state index in [-0.39, 0.29) is 10.6 Å². The molecular weight excluding hydrogens is 498 g/mol. The number of nitro benzene ring substituents is 1. The van der Waals surface area contributed by atoms with Crippen LogP contribution in [-0.4, -0.2) is 46.7 Å². The molecule has 12 heteroatoms. The molecule has 7 nitrogen and oxygen atoms in total. The smallest absolute Gasteiger partial charge is 0.475 e. The number of rotatable bonds is 7. The molecule has 1 heterocycles. The molecule has 0 saturated carbocycles. The first kappa shape index (κ1) is 27.8. The predicted octanol–water partition coefficient (Wildman–Crippen LogP) is 5.54. The molecule has 34 heavy (non-hydrogen) atoms. The molecule has 0 atom stereocenters. The van der Waals surface area contributed by atoms with Crippen molar-refractivity contribution in [3.63, 3.8) is 0 Å². The summed E-state index contributed by atoms with van der Waals surface area (Å²) in [6.07, 6.45) is -2.80. The Kier molecular flexibility index (Phi) is 10.6. The van der Waals surface area contributed by atoms with Crippen LogP contribution in [0.15, 0.2) is 42.5 Å². The molecule has 1 aliphatic rings. The maximum Gasteiger partial charge on any atom is 0.490 e. The van der Waals surface area contributed by atoms with Crippen LogP contribution in [0.1, 0.15) is 24.0 Å². The molecule has 186 valence electrons. The number of nitrogens with zero attached hydrogens (tertiary/aromatic N) is 2. The quantitative estimate of drug-likeness (QED) is 0.367. The van der Waals surface area contributed by atoms with E-state index in [4.69, 9.17) is 33.1 Å². The van der Waals surface area contributed by atoms with Gasteiger partial charge in [0.25, 0.3) is 5.69 Å². The van der Waals surface area contributed by atoms with Crippen molar-refractivity contribution in [1.29, 1.82) is 0 Å². The molecule has 0 aliphatic carbocycles. The average molecular weight is 522 g/mol. The van der Waals surface area contributed by atoms with E-state index in [1.807, 2.05) is 24.3 Å². The minimum atomic E-state index is -5.08. The lowest BCUT2D eigenvalue weighted by molar-refractivity contribution is -0.384. The summed E-state index contributed by atoms with van der Waals surface area (Å²) in [6.45, 7) is 4.60. The molecule has 3 rings (SSSR count). The number of carboxylic acid groups (broad SMARTS) is 1. The van der Waals surface area contributed by atoms with Crippen LogP contribution >= 0.6 is 23.2 Å². The van der Waals surface area contributed by atoms with E-state index in [9.17, 15) is 23.3 Å². The number of nitrogens with one attached hydrogen (secondary N) is 1. The van der Waals surface area contributed by atoms with E-state index in [0.29, 0.717) is 22.5 Å². The number of hydrogen-bond donors (Lipinski definition) is 2. The lowest BCUT2D eigenvalue weighted by atomic mass is 9.96. The van der Waals surface area contributed by atoms with Crippen LogP contribution in [0.2, 0.25) is 10.0 Å². The molecule has 0 radical (unpaired) electrons. The van der Waals surface area contributed by atoms with Gasteiger partial charge in [0, 0.05) is 25.2 Å². The highest BCUT2D eigenvalue weighted by Gasteiger charge is 2.38. The van der Waals surface area contributed by atoms with Crippen LogP contribution in [0.5, 0.6) is 0 Å². The molecule has 1 fully saturated rings. The van der Waals surface area contributed by atoms with Gasteiger partial charge in [0.05, 0.1) is 15.0 Å². The highest BCUT2D eigenvalue weighted by Crippen LogP contribution is 2.25. The van der Waals surface area contributed by atoms with E-state index < -0.39 is 12.1 Å². The fourth-order valence-electron chi connectivity index (χ4n) is 3.45. The monoisotopic (exact) mass is 521 g/mol. The van der Waals surface area contributed by atoms with Crippen molar-refractivity contribution in [2.45, 2.75) is 32.1 Å². The number of piperidine rings is 1. The van der Waals surface area contributed by atoms with E-state index in [1.54, 1.807) is 12.1 Å². The van der Waals surface area contributed by atoms with E-state index in [1.165, 1.54) is 11.6 Å². The number of non-ortho nitro benzene ring substituents is 1. The van der Waals surface area contributed by atoms with Gasteiger partial charge in [0.1, 0.15) is 0 Å². The Hall–Kier alpha value is -2.40. The summed E-state index contributed by atoms with van der Waals surface area (Å²) < 4.78 is 31.7. The zero-order valence-electron chi connectivity index (χ0n) is 18.0. The maximum atomic E-state index is 10.8. The predicted molar refractivity (Wildman–Crippen MR) is 123 cm³/mol. The van der Waals surface area contributed by atoms with E-state index in [2.05, 4.69) is 10.2 Å². The van der Waals surface area contributed by atoms with Crippen molar-refractivity contribution in [3.8, 4) is 0 Å². The molecule has 2 N–H and O–H groups in total. The zero-order valence-corrected chi connectivity index (χ0v) is 19.5. The van der Waals surface area contributed by atoms with Gasteiger partial charge in [-0.1, -0.05) is 41.4 Å². The fraction of sp³-hybridized carbons (Fsp3) is 0.409. The second-order valence-corrected chi connectivity index (χ2v) is 8.64. The summed E-state index contributed by atoms with van der Waals surface area (Å²) in [5.74, 6) is -2.12. The standard InChI is InChI=1S/C20H23Cl2N3O2.C2HF3O2/c21-19-5-4-17(11-20(19)22)14-24-8-6-15(7-9-24)12-23-13-16-2-1-3-18(10-16)25(26)27;3-2(4,5)1(6)7/h1-5,10-11,15,23H,6-9,12-14H2;(H,6,7). The molecule has 2 aromatic carbocycles. The highest BCUT2D eigenvalue weighted by molar-refractivity contribution is 6.42. The Bertz CT molecular complexity index is 984. The van der Waals surface area contributed by atoms with Gasteiger partial charge in [-0.05, 0) is 61.7 Å². The summed E-state index contributed by atoms with van der Waals surface area (Å²) in [5.41, 5.74) is 2.28. The van der Waals surface area contributed by atoms with Gasteiger partial charge in [0.15, 0.2) is 0 Å². The van der Waals surface area contributed by atoms with Gasteiger partial charge in [-0.2, -0.15) is 13.2 Å². The molecule has 0 spiro atoms. The molecule has 1 saturated heterocycles. The van der Waals surface area contributed by atoms with Crippen molar-refractivity contribution in [1.82, 2.24) is 10.2 Å². The Morgan fingerprint density at radius 2 is 1.76 bits per heavy atom. The summed E-state index contributed by atoms with van der Waals surface area (Å²) in [4.78, 5) is 21.8. The summed E-state index contributed by atoms with van der Waals surface area (Å²) >= 11 is 12.1. The van der Waals surface area contributed by atoms with Gasteiger partial charge in [-0.25, -0.2) is 4.79 Å². The van der Waals surface area contributed by atoms with Crippen LogP contribution in [0.25, 0.3) is 0 Å². The minimum Gasteiger partial charge on any atom is -0.475 e. The van der Waals surface area contributed by atoms with Gasteiger partial charge in [-0.3, -0.25) is 15.0 Å². The lowest BCUT2D eigenvalue weighted by Gasteiger charge is -2.32. The number of nitro groups is 1. The van der Waals surface area contributed by atoms with Crippen molar-refractivity contribution in [3.05, 3.63) is 73.8 Å². The first-order valence-corrected chi connectivity index (χ1v) is 11.1. The lowest BCUT2D eigenvalue weighted by Crippen LogP contribution is -2.36. The topological polar surface area (TPSA) is 95.7 Å². The van der Waals surface area contributed by atoms with Crippen LogP contribution < -0.4 is 5.32 Å². The average Bonchev–Trinajstić information content (AvgIpc) is 2.77. The second kappa shape index (κ2) is 12.9. The third kappa shape index (κ3) is 9.46. The molecular formula is C22H24Cl2F3N3O4. The van der Waals surface area contributed by atoms with E-state index >= 15 is 0 Å². The summed E-state index contributed by atoms with van der Waals surface area (Å²) in [5, 5.41) is 22.6. The van der Waals surface area contributed by atoms with Gasteiger partial charge < -0.3 is 10.4 Å². The molecule has 0 bridgehead atoms. The van der Waals surface area contributed by atoms with Crippen molar-refractivity contribution in [2.75, 3.05) is 19.6 Å². The molecule has 0 aromatic heterocycles. The number of carboxylic acids is 1. The number of hydrogen-bond acceptors (Lipinski definition) is 5. The molecule has 2 aromatic rings. The molecule has 0 amide bonds. The highest BCUT2D eigenvalue weighted by atomic mass is 35.5. The van der Waals surface area contributed by atoms with Gasteiger partial charge in [-0.15, -0.1) is 0 Å². The normalized spacial score (nSPS) is 14.9. The summed E-state index contributed by atoms with van der Waals surface area (Å²) in [7, 11) is 0. The number of aliphatic carboxylic acids is 1. The van der Waals surface area contributed by atoms with E-state index in [0.717, 1.165) is 44.6 Å². The van der Waals surface area contributed by atoms with Crippen LogP contribution in [0.3, 0.4) is 0 Å². The third-order valence-corrected chi connectivity index (χ3v) is 5.96. The number of alkyl halides is 3. The van der Waals surface area contributed by atoms with Crippen molar-refractivity contribution in [2.24, 2.45) is 5.92 Å². The molecule has 0 unspecified atom stereocenters. The molecule has 1 aliphatic heterocycles. The summed E-state index contributed by atoms with van der Waals surface area (Å²) in [6, 6.07) is 12.6. The van der Waals surface area contributed by atoms with Crippen LogP contribution in [0, 0.1) is 16.0 Å². The minimum absolute atomic E-state index is 0.143. The Balaban J connectivity index is 0.000000509. The van der Waals surface area contributed by atoms with Crippen molar-refractivity contribution < 1.29 is 28.0 Å². The Labute approximate surface area is 204 Å². The second-order valence-electron chi connectivity index (χ2n) is 7.83. The Morgan fingerprint density at radius 3 is 2.32 bits per heavy atom. The zero-order chi connectivity index (χ0) is 25.3. The first-order chi connectivity index (χ1) is 16.0. The van der Waals surface area contributed by atoms with Crippen molar-refractivity contribution >= 4 is 34.9 Å². The number of carbonyl (C=O) groups is 1. The Morgan fingerprint density at radius 1 is 1.12 bits per heavy atom. The number of benzene rings is 2.